The van der Waals surface area contributed by atoms with Gasteiger partial charge in [-0.3, -0.25) is 4.68 Å². The summed E-state index contributed by atoms with van der Waals surface area (Å²) in [5, 5.41) is 4.45. The Morgan fingerprint density at radius 1 is 1.35 bits per heavy atom. The van der Waals surface area contributed by atoms with E-state index in [9.17, 15) is 0 Å². The number of nitrogens with one attached hydrogen (secondary N) is 1. The number of H-pyrrole nitrogens is 1. The molecule has 2 heterocycles. The standard InChI is InChI=1S/C15H25N5/c1-9(2)6-12(7-16)15-17-8-13(18-15)14-10(3)19-20(5)11(14)4/h8-9,12H,6-7,16H2,1-5H3,(H,17,18). The summed E-state index contributed by atoms with van der Waals surface area (Å²) < 4.78 is 1.90. The molecule has 0 aliphatic rings. The first kappa shape index (κ1) is 14.8. The van der Waals surface area contributed by atoms with E-state index in [1.807, 2.05) is 24.9 Å². The molecule has 2 aromatic rings. The highest BCUT2D eigenvalue weighted by atomic mass is 15.3. The molecule has 0 saturated heterocycles. The molecule has 1 unspecified atom stereocenters. The molecule has 20 heavy (non-hydrogen) atoms. The maximum absolute atomic E-state index is 5.89. The Labute approximate surface area is 120 Å². The van der Waals surface area contributed by atoms with E-state index in [4.69, 9.17) is 5.73 Å². The minimum atomic E-state index is 0.293. The third-order valence-electron chi connectivity index (χ3n) is 3.80. The quantitative estimate of drug-likeness (QED) is 0.880. The van der Waals surface area contributed by atoms with Crippen molar-refractivity contribution < 1.29 is 0 Å². The second-order valence-electron chi connectivity index (χ2n) is 5.91. The molecular weight excluding hydrogens is 250 g/mol. The number of aryl methyl sites for hydroxylation is 2. The van der Waals surface area contributed by atoms with E-state index >= 15 is 0 Å². The molecule has 0 aliphatic carbocycles. The van der Waals surface area contributed by atoms with Crippen LogP contribution in [0.15, 0.2) is 6.20 Å². The first-order valence-electron chi connectivity index (χ1n) is 7.19. The Kier molecular flexibility index (Phi) is 4.28. The summed E-state index contributed by atoms with van der Waals surface area (Å²) in [5.74, 6) is 1.89. The van der Waals surface area contributed by atoms with Gasteiger partial charge >= 0.3 is 0 Å². The molecule has 0 radical (unpaired) electrons. The SMILES string of the molecule is Cc1nn(C)c(C)c1-c1cnc(C(CN)CC(C)C)[nH]1. The smallest absolute Gasteiger partial charge is 0.110 e. The van der Waals surface area contributed by atoms with E-state index in [-0.39, 0.29) is 0 Å². The van der Waals surface area contributed by atoms with Crippen LogP contribution in [0.1, 0.15) is 43.4 Å². The largest absolute Gasteiger partial charge is 0.342 e. The molecule has 0 fully saturated rings. The topological polar surface area (TPSA) is 72.5 Å². The maximum atomic E-state index is 5.89. The van der Waals surface area contributed by atoms with Crippen molar-refractivity contribution in [3.8, 4) is 11.3 Å². The molecule has 0 aliphatic heterocycles. The van der Waals surface area contributed by atoms with E-state index in [1.165, 1.54) is 0 Å². The third kappa shape index (κ3) is 2.77. The zero-order valence-electron chi connectivity index (χ0n) is 13.1. The average Bonchev–Trinajstić information content (AvgIpc) is 2.93. The van der Waals surface area contributed by atoms with Crippen molar-refractivity contribution in [1.29, 1.82) is 0 Å². The van der Waals surface area contributed by atoms with Crippen LogP contribution >= 0.6 is 0 Å². The van der Waals surface area contributed by atoms with Gasteiger partial charge in [-0.25, -0.2) is 4.98 Å². The number of hydrogen-bond acceptors (Lipinski definition) is 3. The molecule has 5 heteroatoms. The molecule has 0 spiro atoms. The second kappa shape index (κ2) is 5.79. The van der Waals surface area contributed by atoms with Crippen molar-refractivity contribution in [2.75, 3.05) is 6.54 Å². The molecule has 2 rings (SSSR count). The predicted molar refractivity (Wildman–Crippen MR) is 81.5 cm³/mol. The highest BCUT2D eigenvalue weighted by Gasteiger charge is 2.18. The number of imidazole rings is 1. The normalized spacial score (nSPS) is 13.2. The van der Waals surface area contributed by atoms with Gasteiger partial charge in [-0.15, -0.1) is 0 Å². The molecule has 110 valence electrons. The van der Waals surface area contributed by atoms with Crippen LogP contribution in [0.2, 0.25) is 0 Å². The van der Waals surface area contributed by atoms with Crippen molar-refractivity contribution in [3.05, 3.63) is 23.4 Å². The molecular formula is C15H25N5. The van der Waals surface area contributed by atoms with Crippen LogP contribution in [0, 0.1) is 19.8 Å². The molecule has 1 atom stereocenters. The number of aromatic nitrogens is 4. The van der Waals surface area contributed by atoms with Crippen LogP contribution in [0.4, 0.5) is 0 Å². The third-order valence-corrected chi connectivity index (χ3v) is 3.80. The van der Waals surface area contributed by atoms with Gasteiger partial charge in [0.15, 0.2) is 0 Å². The summed E-state index contributed by atoms with van der Waals surface area (Å²) in [4.78, 5) is 7.97. The summed E-state index contributed by atoms with van der Waals surface area (Å²) in [6, 6.07) is 0. The van der Waals surface area contributed by atoms with Crippen molar-refractivity contribution in [2.24, 2.45) is 18.7 Å². The summed E-state index contributed by atoms with van der Waals surface area (Å²) >= 11 is 0. The van der Waals surface area contributed by atoms with Gasteiger partial charge in [0.1, 0.15) is 5.82 Å². The van der Waals surface area contributed by atoms with Crippen LogP contribution < -0.4 is 5.73 Å². The van der Waals surface area contributed by atoms with E-state index in [2.05, 4.69) is 35.8 Å². The van der Waals surface area contributed by atoms with Crippen molar-refractivity contribution in [1.82, 2.24) is 19.7 Å². The highest BCUT2D eigenvalue weighted by molar-refractivity contribution is 5.64. The molecule has 0 saturated carbocycles. The summed E-state index contributed by atoms with van der Waals surface area (Å²) in [6.45, 7) is 9.14. The van der Waals surface area contributed by atoms with Crippen LogP contribution in [0.5, 0.6) is 0 Å². The van der Waals surface area contributed by atoms with E-state index in [0.29, 0.717) is 18.4 Å². The number of nitrogens with two attached hydrogens (primary N) is 1. The average molecular weight is 275 g/mol. The lowest BCUT2D eigenvalue weighted by atomic mass is 9.97. The van der Waals surface area contributed by atoms with Crippen molar-refractivity contribution >= 4 is 0 Å². The first-order chi connectivity index (χ1) is 9.43. The van der Waals surface area contributed by atoms with Crippen molar-refractivity contribution in [2.45, 2.75) is 40.0 Å². The minimum Gasteiger partial charge on any atom is -0.342 e. The van der Waals surface area contributed by atoms with E-state index in [1.54, 1.807) is 0 Å². The van der Waals surface area contributed by atoms with Gasteiger partial charge in [-0.1, -0.05) is 13.8 Å². The fraction of sp³-hybridized carbons (Fsp3) is 0.600. The molecule has 5 nitrogen and oxygen atoms in total. The Morgan fingerprint density at radius 3 is 2.55 bits per heavy atom. The van der Waals surface area contributed by atoms with Crippen LogP contribution in [-0.2, 0) is 7.05 Å². The summed E-state index contributed by atoms with van der Waals surface area (Å²) in [5.41, 5.74) is 10.2. The number of rotatable bonds is 5. The first-order valence-corrected chi connectivity index (χ1v) is 7.19. The summed E-state index contributed by atoms with van der Waals surface area (Å²) in [6.07, 6.45) is 2.95. The zero-order valence-corrected chi connectivity index (χ0v) is 13.1. The fourth-order valence-corrected chi connectivity index (χ4v) is 2.72. The van der Waals surface area contributed by atoms with Gasteiger partial charge in [0.2, 0.25) is 0 Å². The number of nitrogens with zero attached hydrogens (tertiary/aromatic N) is 3. The van der Waals surface area contributed by atoms with Gasteiger partial charge in [0.25, 0.3) is 0 Å². The molecule has 0 amide bonds. The summed E-state index contributed by atoms with van der Waals surface area (Å²) in [7, 11) is 1.96. The molecule has 2 aromatic heterocycles. The maximum Gasteiger partial charge on any atom is 0.110 e. The fourth-order valence-electron chi connectivity index (χ4n) is 2.72. The van der Waals surface area contributed by atoms with Crippen LogP contribution in [0.3, 0.4) is 0 Å². The predicted octanol–water partition coefficient (Wildman–Crippen LogP) is 2.52. The van der Waals surface area contributed by atoms with Gasteiger partial charge in [-0.2, -0.15) is 5.10 Å². The van der Waals surface area contributed by atoms with Crippen LogP contribution in [-0.4, -0.2) is 26.3 Å². The lowest BCUT2D eigenvalue weighted by molar-refractivity contribution is 0.490. The Hall–Kier alpha value is -1.62. The second-order valence-corrected chi connectivity index (χ2v) is 5.91. The van der Waals surface area contributed by atoms with E-state index < -0.39 is 0 Å². The monoisotopic (exact) mass is 275 g/mol. The van der Waals surface area contributed by atoms with Gasteiger partial charge in [-0.05, 0) is 26.2 Å². The lowest BCUT2D eigenvalue weighted by Crippen LogP contribution is -2.16. The Balaban J connectivity index is 2.32. The van der Waals surface area contributed by atoms with Crippen LogP contribution in [0.25, 0.3) is 11.3 Å². The van der Waals surface area contributed by atoms with Gasteiger partial charge in [0, 0.05) is 30.8 Å². The Bertz CT molecular complexity index is 579. The van der Waals surface area contributed by atoms with Gasteiger partial charge in [0.05, 0.1) is 17.6 Å². The van der Waals surface area contributed by atoms with E-state index in [0.717, 1.165) is 34.9 Å². The van der Waals surface area contributed by atoms with Gasteiger partial charge < -0.3 is 10.7 Å². The Morgan fingerprint density at radius 2 is 2.05 bits per heavy atom. The molecule has 0 bridgehead atoms. The van der Waals surface area contributed by atoms with Crippen molar-refractivity contribution in [3.63, 3.8) is 0 Å². The number of aromatic amines is 1. The zero-order chi connectivity index (χ0) is 14.9. The number of hydrogen-bond donors (Lipinski definition) is 2. The molecule has 0 aromatic carbocycles. The highest BCUT2D eigenvalue weighted by Crippen LogP contribution is 2.27. The minimum absolute atomic E-state index is 0.293. The molecule has 3 N–H and O–H groups in total. The lowest BCUT2D eigenvalue weighted by Gasteiger charge is -2.14.